The Hall–Kier alpha value is -2.96. The molecule has 6 heteroatoms. The first-order chi connectivity index (χ1) is 15.0. The van der Waals surface area contributed by atoms with E-state index >= 15 is 0 Å². The van der Waals surface area contributed by atoms with Gasteiger partial charge in [-0.1, -0.05) is 73.9 Å². The Morgan fingerprint density at radius 2 is 1.65 bits per heavy atom. The molecule has 0 radical (unpaired) electrons. The lowest BCUT2D eigenvalue weighted by molar-refractivity contribution is -0.144. The molecule has 1 aliphatic carbocycles. The van der Waals surface area contributed by atoms with Gasteiger partial charge in [-0.05, 0) is 42.0 Å². The second kappa shape index (κ2) is 10.9. The van der Waals surface area contributed by atoms with Gasteiger partial charge in [0.2, 0.25) is 0 Å². The van der Waals surface area contributed by atoms with Crippen LogP contribution in [0.3, 0.4) is 0 Å². The van der Waals surface area contributed by atoms with E-state index in [0.717, 1.165) is 49.7 Å². The van der Waals surface area contributed by atoms with E-state index in [2.05, 4.69) is 17.4 Å². The van der Waals surface area contributed by atoms with Crippen molar-refractivity contribution >= 4 is 18.0 Å². The maximum Gasteiger partial charge on any atom is 0.321 e. The molecule has 1 atom stereocenters. The summed E-state index contributed by atoms with van der Waals surface area (Å²) in [5.41, 5.74) is 4.22. The summed E-state index contributed by atoms with van der Waals surface area (Å²) in [5.74, 6) is -1.39. The fourth-order valence-electron chi connectivity index (χ4n) is 4.57. The van der Waals surface area contributed by atoms with Crippen LogP contribution in [0.5, 0.6) is 0 Å². The standard InChI is InChI=1S/C25H30N2O4/c28-22(27-31)14-13-19-9-11-21(12-10-19)18-26-23(24(29)30)25(15-5-2-6-16-25)17-20-7-3-1-4-8-20/h1,3-4,7-14,23,26,31H,2,5-6,15-18H2,(H,27,28)(H,29,30)/t23-/m1/s1. The van der Waals surface area contributed by atoms with Gasteiger partial charge in [0.15, 0.2) is 0 Å². The minimum absolute atomic E-state index is 0.300. The zero-order chi connectivity index (χ0) is 22.1. The van der Waals surface area contributed by atoms with E-state index < -0.39 is 17.9 Å². The molecule has 0 spiro atoms. The molecule has 1 amide bonds. The minimum atomic E-state index is -0.799. The molecule has 4 N–H and O–H groups in total. The second-order valence-corrected chi connectivity index (χ2v) is 8.29. The van der Waals surface area contributed by atoms with E-state index in [9.17, 15) is 14.7 Å². The number of carbonyl (C=O) groups excluding carboxylic acids is 1. The van der Waals surface area contributed by atoms with E-state index in [1.807, 2.05) is 42.5 Å². The van der Waals surface area contributed by atoms with Crippen LogP contribution in [0.1, 0.15) is 48.8 Å². The van der Waals surface area contributed by atoms with Crippen molar-refractivity contribution in [3.63, 3.8) is 0 Å². The Labute approximate surface area is 183 Å². The van der Waals surface area contributed by atoms with E-state index in [-0.39, 0.29) is 5.41 Å². The van der Waals surface area contributed by atoms with E-state index in [4.69, 9.17) is 5.21 Å². The number of nitrogens with one attached hydrogen (secondary N) is 2. The molecule has 6 nitrogen and oxygen atoms in total. The largest absolute Gasteiger partial charge is 0.480 e. The Balaban J connectivity index is 1.72. The molecule has 0 aliphatic heterocycles. The Kier molecular flexibility index (Phi) is 7.98. The molecule has 3 rings (SSSR count). The highest BCUT2D eigenvalue weighted by atomic mass is 16.5. The van der Waals surface area contributed by atoms with Gasteiger partial charge in [-0.15, -0.1) is 0 Å². The summed E-state index contributed by atoms with van der Waals surface area (Å²) in [5, 5.41) is 22.0. The zero-order valence-corrected chi connectivity index (χ0v) is 17.6. The van der Waals surface area contributed by atoms with Crippen molar-refractivity contribution < 1.29 is 19.9 Å². The molecule has 31 heavy (non-hydrogen) atoms. The van der Waals surface area contributed by atoms with Crippen LogP contribution in [-0.2, 0) is 22.6 Å². The number of hydrogen-bond acceptors (Lipinski definition) is 4. The van der Waals surface area contributed by atoms with Crippen LogP contribution in [0.2, 0.25) is 0 Å². The van der Waals surface area contributed by atoms with Crippen LogP contribution < -0.4 is 10.8 Å². The number of carbonyl (C=O) groups is 2. The number of benzene rings is 2. The lowest BCUT2D eigenvalue weighted by Crippen LogP contribution is -2.52. The van der Waals surface area contributed by atoms with E-state index in [0.29, 0.717) is 6.54 Å². The third-order valence-corrected chi connectivity index (χ3v) is 6.14. The summed E-state index contributed by atoms with van der Waals surface area (Å²) in [6.45, 7) is 0.453. The number of carboxylic acid groups (broad SMARTS) is 1. The first-order valence-corrected chi connectivity index (χ1v) is 10.7. The topological polar surface area (TPSA) is 98.7 Å². The molecule has 0 unspecified atom stereocenters. The summed E-state index contributed by atoms with van der Waals surface area (Å²) in [4.78, 5) is 23.4. The molecular weight excluding hydrogens is 392 g/mol. The fourth-order valence-corrected chi connectivity index (χ4v) is 4.57. The highest BCUT2D eigenvalue weighted by Gasteiger charge is 2.43. The van der Waals surface area contributed by atoms with Crippen molar-refractivity contribution in [1.29, 1.82) is 0 Å². The molecule has 0 aromatic heterocycles. The van der Waals surface area contributed by atoms with Crippen molar-refractivity contribution in [3.05, 3.63) is 77.4 Å². The first-order valence-electron chi connectivity index (χ1n) is 10.7. The summed E-state index contributed by atoms with van der Waals surface area (Å²) in [7, 11) is 0. The first kappa shape index (κ1) is 22.7. The van der Waals surface area contributed by atoms with Gasteiger partial charge >= 0.3 is 5.97 Å². The normalized spacial score (nSPS) is 16.7. The summed E-state index contributed by atoms with van der Waals surface area (Å²) >= 11 is 0. The quantitative estimate of drug-likeness (QED) is 0.279. The summed E-state index contributed by atoms with van der Waals surface area (Å²) in [6, 6.07) is 17.1. The summed E-state index contributed by atoms with van der Waals surface area (Å²) < 4.78 is 0. The maximum absolute atomic E-state index is 12.3. The molecule has 0 saturated heterocycles. The SMILES string of the molecule is O=C(C=Cc1ccc(CN[C@H](C(=O)O)C2(Cc3ccccc3)CCCCC2)cc1)NO. The number of amides is 1. The van der Waals surface area contributed by atoms with Gasteiger partial charge in [0.25, 0.3) is 5.91 Å². The monoisotopic (exact) mass is 422 g/mol. The van der Waals surface area contributed by atoms with Gasteiger partial charge in [-0.2, -0.15) is 0 Å². The molecule has 1 fully saturated rings. The van der Waals surface area contributed by atoms with Gasteiger partial charge in [-0.25, -0.2) is 5.48 Å². The van der Waals surface area contributed by atoms with Crippen LogP contribution >= 0.6 is 0 Å². The molecule has 2 aromatic rings. The van der Waals surface area contributed by atoms with Crippen LogP contribution in [0.15, 0.2) is 60.7 Å². The van der Waals surface area contributed by atoms with Gasteiger partial charge in [-0.3, -0.25) is 20.1 Å². The van der Waals surface area contributed by atoms with Gasteiger partial charge in [0.1, 0.15) is 6.04 Å². The number of aliphatic carboxylic acids is 1. The predicted octanol–water partition coefficient (Wildman–Crippen LogP) is 3.94. The van der Waals surface area contributed by atoms with Crippen LogP contribution in [0, 0.1) is 5.41 Å². The third-order valence-electron chi connectivity index (χ3n) is 6.14. The number of carboxylic acids is 1. The molecule has 0 bridgehead atoms. The Bertz CT molecular complexity index is 887. The maximum atomic E-state index is 12.3. The van der Waals surface area contributed by atoms with Crippen LogP contribution in [0.25, 0.3) is 6.08 Å². The van der Waals surface area contributed by atoms with Crippen molar-refractivity contribution in [2.24, 2.45) is 5.41 Å². The third kappa shape index (κ3) is 6.26. The Morgan fingerprint density at radius 3 is 2.26 bits per heavy atom. The van der Waals surface area contributed by atoms with Gasteiger partial charge < -0.3 is 5.11 Å². The molecule has 164 valence electrons. The van der Waals surface area contributed by atoms with Gasteiger partial charge in [0, 0.05) is 18.0 Å². The fraction of sp³-hybridized carbons (Fsp3) is 0.360. The van der Waals surface area contributed by atoms with E-state index in [1.54, 1.807) is 11.6 Å². The number of rotatable bonds is 9. The van der Waals surface area contributed by atoms with E-state index in [1.165, 1.54) is 11.6 Å². The van der Waals surface area contributed by atoms with Crippen LogP contribution in [-0.4, -0.2) is 28.2 Å². The zero-order valence-electron chi connectivity index (χ0n) is 17.6. The average Bonchev–Trinajstić information content (AvgIpc) is 2.79. The Morgan fingerprint density at radius 1 is 0.968 bits per heavy atom. The van der Waals surface area contributed by atoms with Crippen molar-refractivity contribution in [3.8, 4) is 0 Å². The smallest absolute Gasteiger partial charge is 0.321 e. The van der Waals surface area contributed by atoms with Gasteiger partial charge in [0.05, 0.1) is 0 Å². The average molecular weight is 423 g/mol. The lowest BCUT2D eigenvalue weighted by Gasteiger charge is -2.42. The lowest BCUT2D eigenvalue weighted by atomic mass is 9.65. The number of hydroxylamine groups is 1. The predicted molar refractivity (Wildman–Crippen MR) is 119 cm³/mol. The molecular formula is C25H30N2O4. The van der Waals surface area contributed by atoms with Crippen molar-refractivity contribution in [2.75, 3.05) is 0 Å². The van der Waals surface area contributed by atoms with Crippen molar-refractivity contribution in [2.45, 2.75) is 51.1 Å². The highest BCUT2D eigenvalue weighted by Crippen LogP contribution is 2.42. The van der Waals surface area contributed by atoms with Crippen molar-refractivity contribution in [1.82, 2.24) is 10.8 Å². The second-order valence-electron chi connectivity index (χ2n) is 8.29. The number of hydrogen-bond donors (Lipinski definition) is 4. The minimum Gasteiger partial charge on any atom is -0.480 e. The molecule has 1 aliphatic rings. The van der Waals surface area contributed by atoms with Crippen LogP contribution in [0.4, 0.5) is 0 Å². The molecule has 1 saturated carbocycles. The molecule has 0 heterocycles. The summed E-state index contributed by atoms with van der Waals surface area (Å²) in [6.07, 6.45) is 8.68. The highest BCUT2D eigenvalue weighted by molar-refractivity contribution is 5.90. The molecule has 2 aromatic carbocycles.